The van der Waals surface area contributed by atoms with Gasteiger partial charge in [0.15, 0.2) is 0 Å². The summed E-state index contributed by atoms with van der Waals surface area (Å²) in [5, 5.41) is 0. The number of thiophene rings is 1. The van der Waals surface area contributed by atoms with Crippen molar-refractivity contribution in [2.24, 2.45) is 0 Å². The Kier molecular flexibility index (Phi) is 6.07. The molecule has 0 saturated carbocycles. The minimum absolute atomic E-state index is 0.291. The molecule has 0 spiro atoms. The summed E-state index contributed by atoms with van der Waals surface area (Å²) in [6.07, 6.45) is 4.19. The molecular weight excluding hydrogens is 320 g/mol. The van der Waals surface area contributed by atoms with Crippen molar-refractivity contribution in [2.45, 2.75) is 24.1 Å². The van der Waals surface area contributed by atoms with Crippen LogP contribution >= 0.6 is 11.3 Å². The topological polar surface area (TPSA) is 59.5 Å². The molecule has 2 aromatic rings. The molecule has 22 heavy (non-hydrogen) atoms. The van der Waals surface area contributed by atoms with Gasteiger partial charge in [-0.1, -0.05) is 13.0 Å². The first kappa shape index (κ1) is 17.1. The second-order valence-corrected chi connectivity index (χ2v) is 8.10. The molecule has 2 rings (SSSR count). The molecule has 7 heteroatoms. The molecule has 0 fully saturated rings. The molecule has 0 aliphatic rings. The lowest BCUT2D eigenvalue weighted by Gasteiger charge is -2.21. The van der Waals surface area contributed by atoms with Crippen LogP contribution in [0.25, 0.3) is 0 Å². The van der Waals surface area contributed by atoms with Crippen molar-refractivity contribution in [1.29, 1.82) is 0 Å². The fourth-order valence-electron chi connectivity index (χ4n) is 1.99. The number of hydrogen-bond acceptors (Lipinski definition) is 5. The zero-order chi connectivity index (χ0) is 16.0. The van der Waals surface area contributed by atoms with Gasteiger partial charge in [0.1, 0.15) is 4.21 Å². The summed E-state index contributed by atoms with van der Waals surface area (Å²) in [5.41, 5.74) is 0.856. The minimum atomic E-state index is -3.52. The van der Waals surface area contributed by atoms with Crippen LogP contribution in [0.2, 0.25) is 0 Å². The van der Waals surface area contributed by atoms with E-state index in [0.29, 0.717) is 23.9 Å². The van der Waals surface area contributed by atoms with Gasteiger partial charge >= 0.3 is 0 Å². The van der Waals surface area contributed by atoms with Crippen LogP contribution in [-0.2, 0) is 27.7 Å². The van der Waals surface area contributed by atoms with Crippen LogP contribution in [0.3, 0.4) is 0 Å². The van der Waals surface area contributed by atoms with Crippen LogP contribution in [0, 0.1) is 0 Å². The maximum atomic E-state index is 12.8. The van der Waals surface area contributed by atoms with E-state index >= 15 is 0 Å². The highest BCUT2D eigenvalue weighted by Gasteiger charge is 2.26. The third kappa shape index (κ3) is 4.13. The van der Waals surface area contributed by atoms with Crippen LogP contribution in [-0.4, -0.2) is 38.0 Å². The average Bonchev–Trinajstić information content (AvgIpc) is 3.02. The van der Waals surface area contributed by atoms with Gasteiger partial charge in [0.25, 0.3) is 10.0 Å². The Labute approximate surface area is 135 Å². The predicted octanol–water partition coefficient (Wildman–Crippen LogP) is 2.54. The van der Waals surface area contributed by atoms with Gasteiger partial charge in [0.05, 0.1) is 6.61 Å². The summed E-state index contributed by atoms with van der Waals surface area (Å²) in [6, 6.07) is 7.23. The molecule has 0 unspecified atom stereocenters. The molecule has 2 aromatic heterocycles. The van der Waals surface area contributed by atoms with Gasteiger partial charge in [0, 0.05) is 37.5 Å². The number of methoxy groups -OCH3 is 1. The van der Waals surface area contributed by atoms with Gasteiger partial charge in [-0.25, -0.2) is 8.42 Å². The minimum Gasteiger partial charge on any atom is -0.383 e. The number of hydrogen-bond donors (Lipinski definition) is 0. The molecule has 5 nitrogen and oxygen atoms in total. The van der Waals surface area contributed by atoms with E-state index < -0.39 is 10.0 Å². The molecule has 0 radical (unpaired) electrons. The van der Waals surface area contributed by atoms with Gasteiger partial charge in [-0.15, -0.1) is 11.3 Å². The van der Waals surface area contributed by atoms with E-state index in [1.54, 1.807) is 31.6 Å². The van der Waals surface area contributed by atoms with Gasteiger partial charge in [-0.3, -0.25) is 4.98 Å². The molecule has 2 heterocycles. The summed E-state index contributed by atoms with van der Waals surface area (Å²) in [4.78, 5) is 5.10. The zero-order valence-electron chi connectivity index (χ0n) is 12.7. The number of aromatic nitrogens is 1. The van der Waals surface area contributed by atoms with Crippen molar-refractivity contribution in [2.75, 3.05) is 20.3 Å². The number of pyridine rings is 1. The molecule has 0 aliphatic carbocycles. The summed E-state index contributed by atoms with van der Waals surface area (Å²) in [6.45, 7) is 2.97. The van der Waals surface area contributed by atoms with E-state index in [-0.39, 0.29) is 0 Å². The van der Waals surface area contributed by atoms with Gasteiger partial charge in [0.2, 0.25) is 0 Å². The Morgan fingerprint density at radius 3 is 2.73 bits per heavy atom. The van der Waals surface area contributed by atoms with Crippen molar-refractivity contribution in [1.82, 2.24) is 9.29 Å². The van der Waals surface area contributed by atoms with E-state index in [2.05, 4.69) is 4.98 Å². The zero-order valence-corrected chi connectivity index (χ0v) is 14.4. The van der Waals surface area contributed by atoms with E-state index in [4.69, 9.17) is 4.74 Å². The lowest BCUT2D eigenvalue weighted by molar-refractivity contribution is 0.177. The first-order valence-corrected chi connectivity index (χ1v) is 9.30. The monoisotopic (exact) mass is 340 g/mol. The van der Waals surface area contributed by atoms with Crippen LogP contribution in [0.1, 0.15) is 17.4 Å². The predicted molar refractivity (Wildman–Crippen MR) is 87.4 cm³/mol. The molecule has 0 amide bonds. The number of nitrogens with zero attached hydrogens (tertiary/aromatic N) is 2. The average molecular weight is 340 g/mol. The quantitative estimate of drug-likeness (QED) is 0.741. The molecular formula is C15H20N2O3S2. The Morgan fingerprint density at radius 1 is 1.32 bits per heavy atom. The number of aryl methyl sites for hydroxylation is 1. The Morgan fingerprint density at radius 2 is 2.14 bits per heavy atom. The van der Waals surface area contributed by atoms with Crippen LogP contribution in [0.15, 0.2) is 40.9 Å². The highest BCUT2D eigenvalue weighted by molar-refractivity contribution is 7.91. The smallest absolute Gasteiger partial charge is 0.252 e. The van der Waals surface area contributed by atoms with Crippen molar-refractivity contribution >= 4 is 21.4 Å². The van der Waals surface area contributed by atoms with Crippen LogP contribution < -0.4 is 0 Å². The lowest BCUT2D eigenvalue weighted by atomic mass is 10.3. The Bertz CT molecular complexity index is 684. The third-order valence-corrected chi connectivity index (χ3v) is 6.75. The van der Waals surface area contributed by atoms with E-state index in [1.807, 2.05) is 19.1 Å². The van der Waals surface area contributed by atoms with Gasteiger partial charge < -0.3 is 4.74 Å². The summed E-state index contributed by atoms with van der Waals surface area (Å²) < 4.78 is 32.5. The molecule has 0 aromatic carbocycles. The molecule has 0 bridgehead atoms. The standard InChI is InChI=1S/C15H20N2O3S2/c1-3-14-6-7-15(21-14)22(18,19)17(9-10-20-2)12-13-5-4-8-16-11-13/h4-8,11H,3,9-10,12H2,1-2H3. The van der Waals surface area contributed by atoms with Crippen molar-refractivity contribution in [3.05, 3.63) is 47.1 Å². The largest absolute Gasteiger partial charge is 0.383 e. The van der Waals surface area contributed by atoms with E-state index in [9.17, 15) is 8.42 Å². The Balaban J connectivity index is 2.26. The molecule has 0 atom stereocenters. The second-order valence-electron chi connectivity index (χ2n) is 4.77. The fraction of sp³-hybridized carbons (Fsp3) is 0.400. The third-order valence-electron chi connectivity index (χ3n) is 3.21. The SMILES string of the molecule is CCc1ccc(S(=O)(=O)N(CCOC)Cc2cccnc2)s1. The molecule has 0 saturated heterocycles. The van der Waals surface area contributed by atoms with Crippen molar-refractivity contribution in [3.63, 3.8) is 0 Å². The van der Waals surface area contributed by atoms with E-state index in [1.165, 1.54) is 15.6 Å². The lowest BCUT2D eigenvalue weighted by Crippen LogP contribution is -2.33. The highest BCUT2D eigenvalue weighted by Crippen LogP contribution is 2.26. The van der Waals surface area contributed by atoms with Crippen LogP contribution in [0.4, 0.5) is 0 Å². The second kappa shape index (κ2) is 7.82. The number of sulfonamides is 1. The fourth-order valence-corrected chi connectivity index (χ4v) is 4.85. The number of ether oxygens (including phenoxy) is 1. The summed E-state index contributed by atoms with van der Waals surface area (Å²) >= 11 is 1.33. The summed E-state index contributed by atoms with van der Waals surface area (Å²) in [5.74, 6) is 0. The molecule has 0 N–H and O–H groups in total. The normalized spacial score (nSPS) is 12.0. The van der Waals surface area contributed by atoms with Crippen molar-refractivity contribution in [3.8, 4) is 0 Å². The van der Waals surface area contributed by atoms with Gasteiger partial charge in [-0.05, 0) is 30.2 Å². The summed E-state index contributed by atoms with van der Waals surface area (Å²) in [7, 11) is -1.95. The first-order valence-electron chi connectivity index (χ1n) is 7.04. The molecule has 0 aliphatic heterocycles. The Hall–Kier alpha value is -1.28. The van der Waals surface area contributed by atoms with Crippen molar-refractivity contribution < 1.29 is 13.2 Å². The first-order chi connectivity index (χ1) is 10.6. The maximum absolute atomic E-state index is 12.8. The van der Waals surface area contributed by atoms with Gasteiger partial charge in [-0.2, -0.15) is 4.31 Å². The molecule has 120 valence electrons. The maximum Gasteiger partial charge on any atom is 0.252 e. The van der Waals surface area contributed by atoms with Crippen LogP contribution in [0.5, 0.6) is 0 Å². The highest BCUT2D eigenvalue weighted by atomic mass is 32.2. The van der Waals surface area contributed by atoms with E-state index in [0.717, 1.165) is 16.9 Å². The number of rotatable bonds is 8.